The van der Waals surface area contributed by atoms with E-state index in [1.807, 2.05) is 18.2 Å². The Labute approximate surface area is 78.8 Å². The molecular formula is C11H13NO. The smallest absolute Gasteiger partial charge is 0.0991 e. The Morgan fingerprint density at radius 3 is 3.00 bits per heavy atom. The van der Waals surface area contributed by atoms with Gasteiger partial charge in [-0.1, -0.05) is 19.1 Å². The van der Waals surface area contributed by atoms with Crippen molar-refractivity contribution in [2.45, 2.75) is 20.0 Å². The van der Waals surface area contributed by atoms with Crippen LogP contribution < -0.4 is 0 Å². The first-order valence-corrected chi connectivity index (χ1v) is 4.43. The van der Waals surface area contributed by atoms with E-state index < -0.39 is 0 Å². The molecule has 0 spiro atoms. The Hall–Kier alpha value is -1.33. The van der Waals surface area contributed by atoms with Gasteiger partial charge in [0.1, 0.15) is 0 Å². The summed E-state index contributed by atoms with van der Waals surface area (Å²) in [6, 6.07) is 9.60. The average Bonchev–Trinajstić information content (AvgIpc) is 2.19. The predicted molar refractivity (Wildman–Crippen MR) is 51.1 cm³/mol. The lowest BCUT2D eigenvalue weighted by molar-refractivity contribution is 0.121. The van der Waals surface area contributed by atoms with E-state index in [2.05, 4.69) is 13.0 Å². The van der Waals surface area contributed by atoms with Gasteiger partial charge in [0.25, 0.3) is 0 Å². The summed E-state index contributed by atoms with van der Waals surface area (Å²) in [5.74, 6) is 0. The van der Waals surface area contributed by atoms with E-state index in [0.717, 1.165) is 18.6 Å². The highest BCUT2D eigenvalue weighted by Gasteiger charge is 1.94. The SMILES string of the molecule is CCCOCc1cccc(C#N)c1. The van der Waals surface area contributed by atoms with Crippen molar-refractivity contribution >= 4 is 0 Å². The lowest BCUT2D eigenvalue weighted by atomic mass is 10.1. The topological polar surface area (TPSA) is 33.0 Å². The Kier molecular flexibility index (Phi) is 4.01. The zero-order chi connectivity index (χ0) is 9.52. The summed E-state index contributed by atoms with van der Waals surface area (Å²) in [6.07, 6.45) is 1.03. The first kappa shape index (κ1) is 9.76. The normalized spacial score (nSPS) is 9.54. The molecule has 0 radical (unpaired) electrons. The monoisotopic (exact) mass is 175 g/mol. The van der Waals surface area contributed by atoms with Crippen molar-refractivity contribution < 1.29 is 4.74 Å². The second-order valence-corrected chi connectivity index (χ2v) is 2.86. The number of benzene rings is 1. The molecule has 1 rings (SSSR count). The van der Waals surface area contributed by atoms with Crippen LogP contribution in [0.15, 0.2) is 24.3 Å². The quantitative estimate of drug-likeness (QED) is 0.658. The molecule has 2 heteroatoms. The molecule has 13 heavy (non-hydrogen) atoms. The first-order chi connectivity index (χ1) is 6.36. The van der Waals surface area contributed by atoms with Crippen LogP contribution in [-0.2, 0) is 11.3 Å². The summed E-state index contributed by atoms with van der Waals surface area (Å²) >= 11 is 0. The molecule has 0 unspecified atom stereocenters. The predicted octanol–water partition coefficient (Wildman–Crippen LogP) is 2.48. The third-order valence-electron chi connectivity index (χ3n) is 1.67. The molecule has 0 atom stereocenters. The summed E-state index contributed by atoms with van der Waals surface area (Å²) in [4.78, 5) is 0. The van der Waals surface area contributed by atoms with Gasteiger partial charge in [-0.25, -0.2) is 0 Å². The Balaban J connectivity index is 2.52. The van der Waals surface area contributed by atoms with Crippen molar-refractivity contribution in [2.75, 3.05) is 6.61 Å². The minimum atomic E-state index is 0.601. The molecule has 68 valence electrons. The van der Waals surface area contributed by atoms with E-state index in [4.69, 9.17) is 10.00 Å². The van der Waals surface area contributed by atoms with Gasteiger partial charge in [-0.2, -0.15) is 5.26 Å². The van der Waals surface area contributed by atoms with Crippen LogP contribution in [0.1, 0.15) is 24.5 Å². The van der Waals surface area contributed by atoms with Crippen LogP contribution in [0.3, 0.4) is 0 Å². The van der Waals surface area contributed by atoms with Crippen LogP contribution >= 0.6 is 0 Å². The van der Waals surface area contributed by atoms with Crippen LogP contribution in [-0.4, -0.2) is 6.61 Å². The van der Waals surface area contributed by atoms with Crippen molar-refractivity contribution in [1.29, 1.82) is 5.26 Å². The Morgan fingerprint density at radius 1 is 1.46 bits per heavy atom. The van der Waals surface area contributed by atoms with Crippen molar-refractivity contribution in [3.63, 3.8) is 0 Å². The number of rotatable bonds is 4. The second kappa shape index (κ2) is 5.34. The van der Waals surface area contributed by atoms with E-state index >= 15 is 0 Å². The van der Waals surface area contributed by atoms with Gasteiger partial charge in [-0.15, -0.1) is 0 Å². The maximum Gasteiger partial charge on any atom is 0.0991 e. The first-order valence-electron chi connectivity index (χ1n) is 4.43. The fourth-order valence-electron chi connectivity index (χ4n) is 1.07. The third-order valence-corrected chi connectivity index (χ3v) is 1.67. The molecule has 0 saturated heterocycles. The Bertz CT molecular complexity index is 301. The van der Waals surface area contributed by atoms with Gasteiger partial charge in [0.15, 0.2) is 0 Å². The third kappa shape index (κ3) is 3.27. The van der Waals surface area contributed by atoms with Gasteiger partial charge in [-0.3, -0.25) is 0 Å². The highest BCUT2D eigenvalue weighted by Crippen LogP contribution is 2.05. The highest BCUT2D eigenvalue weighted by atomic mass is 16.5. The van der Waals surface area contributed by atoms with Crippen molar-refractivity contribution in [3.8, 4) is 6.07 Å². The summed E-state index contributed by atoms with van der Waals surface area (Å²) in [5, 5.41) is 8.64. The molecule has 1 aromatic rings. The number of nitrogens with zero attached hydrogens (tertiary/aromatic N) is 1. The number of hydrogen-bond acceptors (Lipinski definition) is 2. The molecule has 0 aliphatic rings. The zero-order valence-electron chi connectivity index (χ0n) is 7.79. The van der Waals surface area contributed by atoms with Gasteiger partial charge >= 0.3 is 0 Å². The standard InChI is InChI=1S/C11H13NO/c1-2-6-13-9-11-5-3-4-10(7-11)8-12/h3-5,7H,2,6,9H2,1H3. The van der Waals surface area contributed by atoms with Gasteiger partial charge in [0, 0.05) is 6.61 Å². The van der Waals surface area contributed by atoms with Crippen molar-refractivity contribution in [1.82, 2.24) is 0 Å². The molecule has 2 nitrogen and oxygen atoms in total. The van der Waals surface area contributed by atoms with Crippen LogP contribution in [0.5, 0.6) is 0 Å². The van der Waals surface area contributed by atoms with Crippen LogP contribution in [0, 0.1) is 11.3 Å². The number of hydrogen-bond donors (Lipinski definition) is 0. The van der Waals surface area contributed by atoms with Crippen molar-refractivity contribution in [2.24, 2.45) is 0 Å². The molecule has 1 aromatic carbocycles. The molecule has 0 amide bonds. The minimum absolute atomic E-state index is 0.601. The highest BCUT2D eigenvalue weighted by molar-refractivity contribution is 5.32. The summed E-state index contributed by atoms with van der Waals surface area (Å²) < 4.78 is 5.36. The molecule has 0 saturated carbocycles. The second-order valence-electron chi connectivity index (χ2n) is 2.86. The van der Waals surface area contributed by atoms with E-state index in [9.17, 15) is 0 Å². The fourth-order valence-corrected chi connectivity index (χ4v) is 1.07. The molecule has 0 aromatic heterocycles. The summed E-state index contributed by atoms with van der Waals surface area (Å²) in [7, 11) is 0. The molecule has 0 aliphatic heterocycles. The molecular weight excluding hydrogens is 162 g/mol. The Morgan fingerprint density at radius 2 is 2.31 bits per heavy atom. The van der Waals surface area contributed by atoms with Gasteiger partial charge in [0.2, 0.25) is 0 Å². The fraction of sp³-hybridized carbons (Fsp3) is 0.364. The van der Waals surface area contributed by atoms with Crippen LogP contribution in [0.4, 0.5) is 0 Å². The van der Waals surface area contributed by atoms with Crippen molar-refractivity contribution in [3.05, 3.63) is 35.4 Å². The minimum Gasteiger partial charge on any atom is -0.377 e. The van der Waals surface area contributed by atoms with E-state index in [-0.39, 0.29) is 0 Å². The van der Waals surface area contributed by atoms with Gasteiger partial charge < -0.3 is 4.74 Å². The number of ether oxygens (including phenoxy) is 1. The van der Waals surface area contributed by atoms with Crippen LogP contribution in [0.2, 0.25) is 0 Å². The molecule has 0 heterocycles. The lowest BCUT2D eigenvalue weighted by Gasteiger charge is -2.02. The number of nitriles is 1. The lowest BCUT2D eigenvalue weighted by Crippen LogP contribution is -1.94. The largest absolute Gasteiger partial charge is 0.377 e. The van der Waals surface area contributed by atoms with E-state index in [1.54, 1.807) is 6.07 Å². The molecule has 0 N–H and O–H groups in total. The maximum absolute atomic E-state index is 8.64. The van der Waals surface area contributed by atoms with Crippen LogP contribution in [0.25, 0.3) is 0 Å². The summed E-state index contributed by atoms with van der Waals surface area (Å²) in [5.41, 5.74) is 1.75. The maximum atomic E-state index is 8.64. The molecule has 0 aliphatic carbocycles. The summed E-state index contributed by atoms with van der Waals surface area (Å²) in [6.45, 7) is 3.45. The molecule has 0 bridgehead atoms. The van der Waals surface area contributed by atoms with E-state index in [0.29, 0.717) is 12.2 Å². The van der Waals surface area contributed by atoms with Gasteiger partial charge in [0.05, 0.1) is 18.2 Å². The average molecular weight is 175 g/mol. The molecule has 0 fully saturated rings. The zero-order valence-corrected chi connectivity index (χ0v) is 7.79. The van der Waals surface area contributed by atoms with Gasteiger partial charge in [-0.05, 0) is 24.1 Å². The van der Waals surface area contributed by atoms with E-state index in [1.165, 1.54) is 0 Å².